The fourth-order valence-corrected chi connectivity index (χ4v) is 1.62. The zero-order valence-electron chi connectivity index (χ0n) is 10.7. The van der Waals surface area contributed by atoms with Crippen molar-refractivity contribution in [3.8, 4) is 0 Å². The number of carboxylic acid groups (broad SMARTS) is 1. The maximum atomic E-state index is 12.0. The summed E-state index contributed by atoms with van der Waals surface area (Å²) >= 11 is 0. The monoisotopic (exact) mass is 270 g/mol. The average Bonchev–Trinajstić information content (AvgIpc) is 2.83. The average molecular weight is 270 g/mol. The summed E-state index contributed by atoms with van der Waals surface area (Å²) in [5.74, 6) is -1.65. The Morgan fingerprint density at radius 2 is 2.26 bits per heavy atom. The van der Waals surface area contributed by atoms with Crippen LogP contribution < -0.4 is 5.32 Å². The fraction of sp³-hybridized carbons (Fsp3) is 0.500. The van der Waals surface area contributed by atoms with Crippen molar-refractivity contribution in [3.05, 3.63) is 24.0 Å². The maximum Gasteiger partial charge on any atom is 0.326 e. The largest absolute Gasteiger partial charge is 0.480 e. The van der Waals surface area contributed by atoms with E-state index < -0.39 is 17.9 Å². The quantitative estimate of drug-likeness (QED) is 0.602. The first kappa shape index (κ1) is 15.2. The Labute approximate surface area is 110 Å². The molecule has 0 saturated carbocycles. The number of carbonyl (C=O) groups excluding carboxylic acids is 1. The van der Waals surface area contributed by atoms with Gasteiger partial charge in [0.15, 0.2) is 0 Å². The van der Waals surface area contributed by atoms with Crippen molar-refractivity contribution in [1.29, 1.82) is 0 Å². The van der Waals surface area contributed by atoms with Crippen molar-refractivity contribution in [2.24, 2.45) is 0 Å². The number of amides is 1. The zero-order valence-corrected chi connectivity index (χ0v) is 10.7. The Hall–Kier alpha value is -1.86. The van der Waals surface area contributed by atoms with Gasteiger partial charge >= 0.3 is 5.97 Å². The summed E-state index contributed by atoms with van der Waals surface area (Å²) in [5, 5.41) is 20.0. The number of hydrogen-bond acceptors (Lipinski definition) is 4. The molecule has 1 aromatic rings. The van der Waals surface area contributed by atoms with Crippen molar-refractivity contribution in [3.63, 3.8) is 0 Å². The summed E-state index contributed by atoms with van der Waals surface area (Å²) in [5.41, 5.74) is 0.362. The van der Waals surface area contributed by atoms with Gasteiger partial charge in [0.1, 0.15) is 11.7 Å². The lowest BCUT2D eigenvalue weighted by Crippen LogP contribution is -2.42. The summed E-state index contributed by atoms with van der Waals surface area (Å²) in [4.78, 5) is 22.9. The molecule has 7 nitrogen and oxygen atoms in total. The van der Waals surface area contributed by atoms with Gasteiger partial charge in [-0.15, -0.1) is 0 Å². The van der Waals surface area contributed by atoms with Crippen molar-refractivity contribution in [2.45, 2.75) is 19.0 Å². The summed E-state index contributed by atoms with van der Waals surface area (Å²) in [6.45, 7) is 0.653. The molecule has 0 radical (unpaired) electrons. The number of aliphatic hydroxyl groups excluding tert-OH is 1. The Morgan fingerprint density at radius 1 is 1.53 bits per heavy atom. The van der Waals surface area contributed by atoms with Crippen LogP contribution in [0, 0.1) is 0 Å². The van der Waals surface area contributed by atoms with E-state index in [0.29, 0.717) is 18.8 Å². The first-order chi connectivity index (χ1) is 9.10. The Kier molecular flexibility index (Phi) is 6.04. The third kappa shape index (κ3) is 4.38. The number of rotatable bonds is 8. The van der Waals surface area contributed by atoms with E-state index in [2.05, 4.69) is 5.32 Å². The molecular weight excluding hydrogens is 252 g/mol. The number of methoxy groups -OCH3 is 1. The molecule has 106 valence electrons. The van der Waals surface area contributed by atoms with Gasteiger partial charge in [0.2, 0.25) is 0 Å². The molecule has 19 heavy (non-hydrogen) atoms. The second-order valence-corrected chi connectivity index (χ2v) is 3.96. The molecular formula is C12H18N2O5. The standard InChI is InChI=1S/C12H18N2O5/c1-19-8-6-14-5-2-3-10(14)11(16)13-9(4-7-15)12(17)18/h2-3,5,9,15H,4,6-8H2,1H3,(H,13,16)(H,17,18). The lowest BCUT2D eigenvalue weighted by Gasteiger charge is -2.14. The van der Waals surface area contributed by atoms with Gasteiger partial charge < -0.3 is 24.8 Å². The first-order valence-corrected chi connectivity index (χ1v) is 5.88. The van der Waals surface area contributed by atoms with E-state index in [0.717, 1.165) is 0 Å². The van der Waals surface area contributed by atoms with Gasteiger partial charge in [-0.05, 0) is 12.1 Å². The molecule has 1 unspecified atom stereocenters. The van der Waals surface area contributed by atoms with Crippen molar-refractivity contribution >= 4 is 11.9 Å². The minimum Gasteiger partial charge on any atom is -0.480 e. The number of carbonyl (C=O) groups is 2. The first-order valence-electron chi connectivity index (χ1n) is 5.88. The molecule has 0 fully saturated rings. The summed E-state index contributed by atoms with van der Waals surface area (Å²) in [6.07, 6.45) is 1.69. The normalized spacial score (nSPS) is 12.1. The highest BCUT2D eigenvalue weighted by molar-refractivity contribution is 5.95. The van der Waals surface area contributed by atoms with E-state index in [-0.39, 0.29) is 13.0 Å². The maximum absolute atomic E-state index is 12.0. The van der Waals surface area contributed by atoms with E-state index in [4.69, 9.17) is 14.9 Å². The third-order valence-corrected chi connectivity index (χ3v) is 2.62. The second-order valence-electron chi connectivity index (χ2n) is 3.96. The Morgan fingerprint density at radius 3 is 2.84 bits per heavy atom. The highest BCUT2D eigenvalue weighted by Gasteiger charge is 2.21. The number of aliphatic carboxylic acids is 1. The molecule has 0 aliphatic carbocycles. The number of nitrogens with zero attached hydrogens (tertiary/aromatic N) is 1. The van der Waals surface area contributed by atoms with Crippen LogP contribution in [0.25, 0.3) is 0 Å². The molecule has 1 heterocycles. The van der Waals surface area contributed by atoms with Crippen LogP contribution in [0.2, 0.25) is 0 Å². The lowest BCUT2D eigenvalue weighted by molar-refractivity contribution is -0.139. The number of aromatic nitrogens is 1. The minimum absolute atomic E-state index is 0.0279. The van der Waals surface area contributed by atoms with Crippen LogP contribution in [0.1, 0.15) is 16.9 Å². The van der Waals surface area contributed by atoms with Gasteiger partial charge in [0.25, 0.3) is 5.91 Å². The number of nitrogens with one attached hydrogen (secondary N) is 1. The summed E-state index contributed by atoms with van der Waals surface area (Å²) < 4.78 is 6.61. The minimum atomic E-state index is -1.17. The van der Waals surface area contributed by atoms with Gasteiger partial charge in [-0.3, -0.25) is 4.79 Å². The molecule has 1 atom stereocenters. The highest BCUT2D eigenvalue weighted by atomic mass is 16.5. The molecule has 0 bridgehead atoms. The predicted molar refractivity (Wildman–Crippen MR) is 66.9 cm³/mol. The molecule has 3 N–H and O–H groups in total. The van der Waals surface area contributed by atoms with Gasteiger partial charge in [0.05, 0.1) is 6.61 Å². The second kappa shape index (κ2) is 7.55. The van der Waals surface area contributed by atoms with E-state index in [9.17, 15) is 9.59 Å². The van der Waals surface area contributed by atoms with Crippen LogP contribution in [0.4, 0.5) is 0 Å². The molecule has 0 saturated heterocycles. The van der Waals surface area contributed by atoms with Crippen molar-refractivity contribution in [1.82, 2.24) is 9.88 Å². The van der Waals surface area contributed by atoms with Crippen molar-refractivity contribution in [2.75, 3.05) is 20.3 Å². The van der Waals surface area contributed by atoms with Crippen molar-refractivity contribution < 1.29 is 24.5 Å². The summed E-state index contributed by atoms with van der Waals surface area (Å²) in [6, 6.07) is 2.21. The van der Waals surface area contributed by atoms with E-state index >= 15 is 0 Å². The van der Waals surface area contributed by atoms with Crippen LogP contribution in [-0.4, -0.2) is 53.0 Å². The van der Waals surface area contributed by atoms with Crippen LogP contribution in [0.3, 0.4) is 0 Å². The molecule has 1 amide bonds. The number of aliphatic hydroxyl groups is 1. The Bertz CT molecular complexity index is 430. The zero-order chi connectivity index (χ0) is 14.3. The van der Waals surface area contributed by atoms with Gasteiger partial charge in [0, 0.05) is 32.9 Å². The highest BCUT2D eigenvalue weighted by Crippen LogP contribution is 2.04. The topological polar surface area (TPSA) is 101 Å². The number of ether oxygens (including phenoxy) is 1. The fourth-order valence-electron chi connectivity index (χ4n) is 1.62. The predicted octanol–water partition coefficient (Wildman–Crippen LogP) is -0.300. The summed E-state index contributed by atoms with van der Waals surface area (Å²) in [7, 11) is 1.56. The van der Waals surface area contributed by atoms with E-state index in [1.807, 2.05) is 0 Å². The molecule has 1 rings (SSSR count). The number of carboxylic acids is 1. The third-order valence-electron chi connectivity index (χ3n) is 2.62. The smallest absolute Gasteiger partial charge is 0.326 e. The Balaban J connectivity index is 2.71. The number of hydrogen-bond donors (Lipinski definition) is 3. The van der Waals surface area contributed by atoms with Crippen LogP contribution in [0.15, 0.2) is 18.3 Å². The molecule has 0 aliphatic heterocycles. The molecule has 0 aliphatic rings. The molecule has 0 aromatic carbocycles. The van der Waals surface area contributed by atoms with Crippen LogP contribution in [-0.2, 0) is 16.1 Å². The van der Waals surface area contributed by atoms with Gasteiger partial charge in [-0.25, -0.2) is 4.79 Å². The molecule has 1 aromatic heterocycles. The lowest BCUT2D eigenvalue weighted by atomic mass is 10.2. The van der Waals surface area contributed by atoms with Crippen LogP contribution >= 0.6 is 0 Å². The molecule has 0 spiro atoms. The van der Waals surface area contributed by atoms with Gasteiger partial charge in [-0.2, -0.15) is 0 Å². The molecule has 7 heteroatoms. The van der Waals surface area contributed by atoms with Crippen LogP contribution in [0.5, 0.6) is 0 Å². The van der Waals surface area contributed by atoms with E-state index in [1.165, 1.54) is 0 Å². The SMILES string of the molecule is COCCn1cccc1C(=O)NC(CCO)C(=O)O. The van der Waals surface area contributed by atoms with Gasteiger partial charge in [-0.1, -0.05) is 0 Å². The van der Waals surface area contributed by atoms with E-state index in [1.54, 1.807) is 30.0 Å².